The van der Waals surface area contributed by atoms with Gasteiger partial charge < -0.3 is 42.2 Å². The van der Waals surface area contributed by atoms with Crippen molar-refractivity contribution in [3.63, 3.8) is 0 Å². The lowest BCUT2D eigenvalue weighted by Crippen LogP contribution is -2.45. The summed E-state index contributed by atoms with van der Waals surface area (Å²) in [6.45, 7) is -0.149. The normalized spacial score (nSPS) is 15.5. The molecule has 1 aromatic carbocycles. The molecule has 1 amide bonds. The van der Waals surface area contributed by atoms with E-state index >= 15 is 0 Å². The highest BCUT2D eigenvalue weighted by Crippen LogP contribution is 2.48. The molecule has 0 saturated carbocycles. The number of aliphatic carboxylic acids is 2. The first-order valence-corrected chi connectivity index (χ1v) is 12.0. The molecular formula is C19H23N8O9P. The zero-order valence-electron chi connectivity index (χ0n) is 18.9. The second-order valence-corrected chi connectivity index (χ2v) is 9.23. The Balaban J connectivity index is 1.72. The number of carbonyl (C=O) groups excluding carboxylic acids is 1. The van der Waals surface area contributed by atoms with E-state index in [1.807, 2.05) is 0 Å². The molecule has 3 rings (SSSR count). The summed E-state index contributed by atoms with van der Waals surface area (Å²) < 4.78 is 13.2. The Labute approximate surface area is 207 Å². The Bertz CT molecular complexity index is 1350. The molecule has 18 heteroatoms. The maximum Gasteiger partial charge on any atom is 0.431 e. The van der Waals surface area contributed by atoms with Crippen LogP contribution in [0.5, 0.6) is 0 Å². The quantitative estimate of drug-likeness (QED) is 0.129. The first kappa shape index (κ1) is 27.1. The summed E-state index contributed by atoms with van der Waals surface area (Å²) in [5, 5.41) is 23.0. The Kier molecular flexibility index (Phi) is 7.81. The molecule has 37 heavy (non-hydrogen) atoms. The van der Waals surface area contributed by atoms with E-state index < -0.39 is 61.3 Å². The van der Waals surface area contributed by atoms with Crippen LogP contribution >= 0.6 is 7.75 Å². The molecular weight excluding hydrogens is 515 g/mol. The second kappa shape index (κ2) is 10.7. The van der Waals surface area contributed by atoms with Crippen LogP contribution in [-0.2, 0) is 14.2 Å². The van der Waals surface area contributed by atoms with E-state index in [0.717, 1.165) is 0 Å². The van der Waals surface area contributed by atoms with Crippen LogP contribution in [0, 0.1) is 0 Å². The minimum atomic E-state index is -5.05. The van der Waals surface area contributed by atoms with Gasteiger partial charge in [-0.25, -0.2) is 14.4 Å². The number of nitrogens with zero attached hydrogens (tertiary/aromatic N) is 4. The van der Waals surface area contributed by atoms with Gasteiger partial charge in [0.25, 0.3) is 11.5 Å². The van der Waals surface area contributed by atoms with Gasteiger partial charge in [0, 0.05) is 30.4 Å². The summed E-state index contributed by atoms with van der Waals surface area (Å²) in [5.74, 6) is 1.50. The topological polar surface area (TPSA) is 276 Å². The Morgan fingerprint density at radius 3 is 2.38 bits per heavy atom. The third kappa shape index (κ3) is 6.21. The van der Waals surface area contributed by atoms with Gasteiger partial charge in [-0.3, -0.25) is 19.1 Å². The van der Waals surface area contributed by atoms with Crippen LogP contribution < -0.4 is 32.4 Å². The van der Waals surface area contributed by atoms with Crippen molar-refractivity contribution in [2.24, 2.45) is 4.99 Å². The van der Waals surface area contributed by atoms with Gasteiger partial charge in [0.2, 0.25) is 5.95 Å². The van der Waals surface area contributed by atoms with Gasteiger partial charge in [0.15, 0.2) is 11.5 Å². The number of carboxylic acid groups (broad SMARTS) is 2. The predicted molar refractivity (Wildman–Crippen MR) is 130 cm³/mol. The van der Waals surface area contributed by atoms with Gasteiger partial charge in [-0.2, -0.15) is 9.66 Å². The van der Waals surface area contributed by atoms with Crippen molar-refractivity contribution in [2.75, 3.05) is 28.1 Å². The molecule has 0 spiro atoms. The van der Waals surface area contributed by atoms with Crippen molar-refractivity contribution in [2.45, 2.75) is 24.9 Å². The number of hydrogen-bond donors (Lipinski definition) is 8. The molecule has 1 aliphatic heterocycles. The molecule has 1 aliphatic rings. The minimum Gasteiger partial charge on any atom is -0.481 e. The summed E-state index contributed by atoms with van der Waals surface area (Å²) in [6.07, 6.45) is 0.435. The molecule has 0 fully saturated rings. The van der Waals surface area contributed by atoms with Crippen LogP contribution in [0.25, 0.3) is 0 Å². The van der Waals surface area contributed by atoms with Crippen LogP contribution in [0.2, 0.25) is 0 Å². The molecule has 17 nitrogen and oxygen atoms in total. The standard InChI is InChI=1S/C19H23N8O9P/c20-19-25-15-14(17(31)26(19)21)27(37(34,35)36)11(8-23-15)7-22-10-3-1-9(2-4-10)16(30)24-12(18(32)33)5-6-13(28)29/h1-4,8,11-12,22H,5-7,21H2,(H2,20,25)(H,24,30)(H,28,29)(H,32,33)(H2,34,35,36)/t11?,12-/m0/s1. The highest BCUT2D eigenvalue weighted by atomic mass is 31.2. The fourth-order valence-corrected chi connectivity index (χ4v) is 4.36. The maximum absolute atomic E-state index is 12.5. The molecule has 1 unspecified atom stereocenters. The van der Waals surface area contributed by atoms with Crippen LogP contribution in [-0.4, -0.2) is 72.3 Å². The predicted octanol–water partition coefficient (Wildman–Crippen LogP) is -1.32. The van der Waals surface area contributed by atoms with Gasteiger partial charge in [0.1, 0.15) is 6.04 Å². The van der Waals surface area contributed by atoms with Crippen LogP contribution in [0.3, 0.4) is 0 Å². The fraction of sp³-hybridized carbons (Fsp3) is 0.263. The lowest BCUT2D eigenvalue weighted by Gasteiger charge is -2.33. The number of carboxylic acids is 2. The van der Waals surface area contributed by atoms with Crippen LogP contribution in [0.4, 0.5) is 23.1 Å². The number of benzene rings is 1. The van der Waals surface area contributed by atoms with Gasteiger partial charge >= 0.3 is 19.7 Å². The lowest BCUT2D eigenvalue weighted by molar-refractivity contribution is -0.140. The third-order valence-corrected chi connectivity index (χ3v) is 6.26. The van der Waals surface area contributed by atoms with E-state index in [1.165, 1.54) is 30.5 Å². The third-order valence-electron chi connectivity index (χ3n) is 5.21. The molecule has 2 heterocycles. The van der Waals surface area contributed by atoms with Gasteiger partial charge in [-0.1, -0.05) is 0 Å². The Morgan fingerprint density at radius 2 is 1.81 bits per heavy atom. The number of aromatic nitrogens is 2. The van der Waals surface area contributed by atoms with Gasteiger partial charge in [0.05, 0.1) is 6.04 Å². The van der Waals surface area contributed by atoms with E-state index in [-0.39, 0.29) is 24.3 Å². The number of nitrogen functional groups attached to an aromatic ring is 2. The average molecular weight is 538 g/mol. The number of fused-ring (bicyclic) bond motifs is 1. The molecule has 0 bridgehead atoms. The first-order chi connectivity index (χ1) is 17.3. The second-order valence-electron chi connectivity index (χ2n) is 7.78. The maximum atomic E-state index is 12.5. The van der Waals surface area contributed by atoms with E-state index in [1.54, 1.807) is 0 Å². The Hall–Kier alpha value is -4.47. The van der Waals surface area contributed by atoms with Crippen molar-refractivity contribution in [1.82, 2.24) is 15.0 Å². The molecule has 198 valence electrons. The number of amides is 1. The number of nitrogens with one attached hydrogen (secondary N) is 2. The summed E-state index contributed by atoms with van der Waals surface area (Å²) in [5.41, 5.74) is 4.48. The summed E-state index contributed by atoms with van der Waals surface area (Å²) in [7, 11) is -5.05. The SMILES string of the molecule is Nc1nc2c(c(=O)n1N)N(P(=O)(O)O)C(CNc1ccc(C(=O)N[C@@H](CCC(=O)O)C(=O)O)cc1)C=N2. The zero-order valence-corrected chi connectivity index (χ0v) is 19.8. The number of anilines is 3. The van der Waals surface area contributed by atoms with Crippen molar-refractivity contribution in [3.8, 4) is 0 Å². The smallest absolute Gasteiger partial charge is 0.431 e. The number of hydrogen-bond acceptors (Lipinski definition) is 10. The van der Waals surface area contributed by atoms with E-state index in [4.69, 9.17) is 16.7 Å². The van der Waals surface area contributed by atoms with Crippen molar-refractivity contribution < 1.29 is 38.9 Å². The first-order valence-electron chi connectivity index (χ1n) is 10.5. The van der Waals surface area contributed by atoms with Crippen LogP contribution in [0.15, 0.2) is 34.1 Å². The van der Waals surface area contributed by atoms with E-state index in [2.05, 4.69) is 20.6 Å². The monoisotopic (exact) mass is 538 g/mol. The number of aliphatic imine (C=N–C) groups is 1. The highest BCUT2D eigenvalue weighted by Gasteiger charge is 2.39. The summed E-state index contributed by atoms with van der Waals surface area (Å²) in [4.78, 5) is 74.4. The number of nitrogens with two attached hydrogens (primary N) is 2. The fourth-order valence-electron chi connectivity index (χ4n) is 3.40. The molecule has 0 saturated heterocycles. The Morgan fingerprint density at radius 1 is 1.16 bits per heavy atom. The molecule has 0 aliphatic carbocycles. The van der Waals surface area contributed by atoms with Crippen molar-refractivity contribution in [1.29, 1.82) is 0 Å². The van der Waals surface area contributed by atoms with E-state index in [0.29, 0.717) is 15.0 Å². The van der Waals surface area contributed by atoms with E-state index in [9.17, 15) is 38.6 Å². The molecule has 10 N–H and O–H groups in total. The molecule has 1 aromatic heterocycles. The molecule has 0 radical (unpaired) electrons. The molecule has 2 atom stereocenters. The van der Waals surface area contributed by atoms with Crippen LogP contribution in [0.1, 0.15) is 23.2 Å². The van der Waals surface area contributed by atoms with Crippen molar-refractivity contribution in [3.05, 3.63) is 40.2 Å². The number of carbonyl (C=O) groups is 3. The minimum absolute atomic E-state index is 0.0873. The highest BCUT2D eigenvalue weighted by molar-refractivity contribution is 7.53. The largest absolute Gasteiger partial charge is 0.481 e. The van der Waals surface area contributed by atoms with Gasteiger partial charge in [-0.05, 0) is 30.7 Å². The number of rotatable bonds is 10. The zero-order chi connectivity index (χ0) is 27.5. The summed E-state index contributed by atoms with van der Waals surface area (Å²) in [6, 6.07) is 3.12. The van der Waals surface area contributed by atoms with Crippen molar-refractivity contribution >= 4 is 54.9 Å². The summed E-state index contributed by atoms with van der Waals surface area (Å²) >= 11 is 0. The lowest BCUT2D eigenvalue weighted by atomic mass is 10.1. The average Bonchev–Trinajstić information content (AvgIpc) is 2.82. The molecule has 2 aromatic rings. The van der Waals surface area contributed by atoms with Gasteiger partial charge in [-0.15, -0.1) is 0 Å².